The number of nitrogens with two attached hydrogens (primary N) is 1. The number of nitriles is 1. The lowest BCUT2D eigenvalue weighted by Gasteiger charge is -2.15. The highest BCUT2D eigenvalue weighted by Gasteiger charge is 2.11. The van der Waals surface area contributed by atoms with Gasteiger partial charge in [-0.25, -0.2) is 0 Å². The molecule has 1 aromatic carbocycles. The van der Waals surface area contributed by atoms with Gasteiger partial charge in [0.05, 0.1) is 7.11 Å². The van der Waals surface area contributed by atoms with E-state index >= 15 is 0 Å². The van der Waals surface area contributed by atoms with Gasteiger partial charge in [0.1, 0.15) is 6.07 Å². The van der Waals surface area contributed by atoms with Crippen molar-refractivity contribution in [3.63, 3.8) is 0 Å². The molecule has 2 unspecified atom stereocenters. The molecule has 0 fully saturated rings. The Bertz CT molecular complexity index is 424. The number of benzene rings is 1. The molecule has 0 aromatic heterocycles. The number of methoxy groups -OCH3 is 1. The van der Waals surface area contributed by atoms with Gasteiger partial charge in [0.25, 0.3) is 0 Å². The second kappa shape index (κ2) is 6.87. The predicted octanol–water partition coefficient (Wildman–Crippen LogP) is 2.27. The van der Waals surface area contributed by atoms with Gasteiger partial charge in [0, 0.05) is 6.04 Å². The van der Waals surface area contributed by atoms with Crippen molar-refractivity contribution in [1.82, 2.24) is 0 Å². The Labute approximate surface area is 108 Å². The summed E-state index contributed by atoms with van der Waals surface area (Å²) in [6, 6.07) is 7.89. The molecule has 0 aliphatic carbocycles. The van der Waals surface area contributed by atoms with Crippen molar-refractivity contribution < 1.29 is 9.47 Å². The second-order valence-corrected chi connectivity index (χ2v) is 4.31. The molecule has 0 saturated heterocycles. The first kappa shape index (κ1) is 14.3. The molecule has 0 radical (unpaired) electrons. The number of hydrogen-bond acceptors (Lipinski definition) is 4. The molecule has 0 saturated carbocycles. The normalized spacial score (nSPS) is 13.5. The van der Waals surface area contributed by atoms with Crippen LogP contribution in [0.25, 0.3) is 0 Å². The minimum Gasteiger partial charge on any atom is -0.493 e. The quantitative estimate of drug-likeness (QED) is 0.838. The Balaban J connectivity index is 2.90. The fraction of sp³-hybridized carbons (Fsp3) is 0.500. The number of rotatable bonds is 6. The molecule has 1 rings (SSSR count). The van der Waals surface area contributed by atoms with Crippen LogP contribution in [-0.4, -0.2) is 19.3 Å². The van der Waals surface area contributed by atoms with Crippen molar-refractivity contribution in [3.8, 4) is 17.6 Å². The highest BCUT2D eigenvalue weighted by Crippen LogP contribution is 2.29. The predicted molar refractivity (Wildman–Crippen MR) is 70.7 cm³/mol. The molecule has 2 N–H and O–H groups in total. The molecular weight excluding hydrogens is 228 g/mol. The summed E-state index contributed by atoms with van der Waals surface area (Å²) in [5.74, 6) is 1.24. The Morgan fingerprint density at radius 1 is 1.39 bits per heavy atom. The lowest BCUT2D eigenvalue weighted by Crippen LogP contribution is -2.18. The SMILES string of the molecule is CCC(C#N)Oc1ccc(CC(C)N)cc1OC. The summed E-state index contributed by atoms with van der Waals surface area (Å²) < 4.78 is 10.9. The van der Waals surface area contributed by atoms with Crippen LogP contribution in [0.5, 0.6) is 11.5 Å². The van der Waals surface area contributed by atoms with Gasteiger partial charge in [-0.15, -0.1) is 0 Å². The molecule has 18 heavy (non-hydrogen) atoms. The summed E-state index contributed by atoms with van der Waals surface area (Å²) in [7, 11) is 1.59. The molecule has 4 nitrogen and oxygen atoms in total. The van der Waals surface area contributed by atoms with Gasteiger partial charge in [0.15, 0.2) is 17.6 Å². The highest BCUT2D eigenvalue weighted by molar-refractivity contribution is 5.43. The summed E-state index contributed by atoms with van der Waals surface area (Å²) in [6.07, 6.45) is 0.978. The van der Waals surface area contributed by atoms with Crippen molar-refractivity contribution in [2.24, 2.45) is 5.73 Å². The molecule has 0 heterocycles. The van der Waals surface area contributed by atoms with E-state index in [4.69, 9.17) is 20.5 Å². The van der Waals surface area contributed by atoms with Gasteiger partial charge in [-0.05, 0) is 37.5 Å². The van der Waals surface area contributed by atoms with E-state index in [1.165, 1.54) is 0 Å². The van der Waals surface area contributed by atoms with Gasteiger partial charge in [-0.1, -0.05) is 13.0 Å². The average Bonchev–Trinajstić information content (AvgIpc) is 2.36. The standard InChI is InChI=1S/C14H20N2O2/c1-4-12(9-15)18-13-6-5-11(7-10(2)16)8-14(13)17-3/h5-6,8,10,12H,4,7,16H2,1-3H3. The van der Waals surface area contributed by atoms with Crippen LogP contribution in [0.3, 0.4) is 0 Å². The molecule has 0 amide bonds. The summed E-state index contributed by atoms with van der Waals surface area (Å²) in [5, 5.41) is 8.89. The van der Waals surface area contributed by atoms with Gasteiger partial charge in [-0.3, -0.25) is 0 Å². The number of nitrogens with zero attached hydrogens (tertiary/aromatic N) is 1. The minimum atomic E-state index is -0.446. The van der Waals surface area contributed by atoms with Crippen LogP contribution in [0, 0.1) is 11.3 Å². The van der Waals surface area contributed by atoms with E-state index in [-0.39, 0.29) is 6.04 Å². The molecule has 1 aromatic rings. The topological polar surface area (TPSA) is 68.3 Å². The first-order valence-corrected chi connectivity index (χ1v) is 6.09. The van der Waals surface area contributed by atoms with Crippen LogP contribution >= 0.6 is 0 Å². The van der Waals surface area contributed by atoms with Gasteiger partial charge in [0.2, 0.25) is 0 Å². The molecule has 2 atom stereocenters. The molecule has 0 aliphatic rings. The summed E-state index contributed by atoms with van der Waals surface area (Å²) in [6.45, 7) is 3.87. The molecule has 98 valence electrons. The van der Waals surface area contributed by atoms with Gasteiger partial charge in [-0.2, -0.15) is 5.26 Å². The van der Waals surface area contributed by atoms with Crippen molar-refractivity contribution in [1.29, 1.82) is 5.26 Å². The third-order valence-corrected chi connectivity index (χ3v) is 2.57. The smallest absolute Gasteiger partial charge is 0.184 e. The Morgan fingerprint density at radius 3 is 2.61 bits per heavy atom. The first-order chi connectivity index (χ1) is 8.60. The zero-order chi connectivity index (χ0) is 13.5. The van der Waals surface area contributed by atoms with E-state index in [9.17, 15) is 0 Å². The lowest BCUT2D eigenvalue weighted by molar-refractivity contribution is 0.239. The van der Waals surface area contributed by atoms with E-state index < -0.39 is 6.10 Å². The number of hydrogen-bond donors (Lipinski definition) is 1. The minimum absolute atomic E-state index is 0.101. The third-order valence-electron chi connectivity index (χ3n) is 2.57. The van der Waals surface area contributed by atoms with Crippen LogP contribution in [-0.2, 0) is 6.42 Å². The lowest BCUT2D eigenvalue weighted by atomic mass is 10.1. The largest absolute Gasteiger partial charge is 0.493 e. The van der Waals surface area contributed by atoms with Crippen molar-refractivity contribution in [2.75, 3.05) is 7.11 Å². The van der Waals surface area contributed by atoms with Crippen LogP contribution < -0.4 is 15.2 Å². The molecule has 4 heteroatoms. The maximum absolute atomic E-state index is 8.89. The fourth-order valence-electron chi connectivity index (χ4n) is 1.66. The van der Waals surface area contributed by atoms with Crippen LogP contribution in [0.2, 0.25) is 0 Å². The van der Waals surface area contributed by atoms with Crippen molar-refractivity contribution in [3.05, 3.63) is 23.8 Å². The van der Waals surface area contributed by atoms with E-state index in [1.54, 1.807) is 7.11 Å². The summed E-state index contributed by atoms with van der Waals surface area (Å²) in [5.41, 5.74) is 6.86. The van der Waals surface area contributed by atoms with E-state index in [0.29, 0.717) is 17.9 Å². The zero-order valence-corrected chi connectivity index (χ0v) is 11.1. The van der Waals surface area contributed by atoms with Crippen LogP contribution in [0.15, 0.2) is 18.2 Å². The van der Waals surface area contributed by atoms with E-state index in [2.05, 4.69) is 6.07 Å². The Morgan fingerprint density at radius 2 is 2.11 bits per heavy atom. The first-order valence-electron chi connectivity index (χ1n) is 6.09. The molecule has 0 spiro atoms. The maximum atomic E-state index is 8.89. The van der Waals surface area contributed by atoms with Crippen molar-refractivity contribution >= 4 is 0 Å². The summed E-state index contributed by atoms with van der Waals surface area (Å²) >= 11 is 0. The summed E-state index contributed by atoms with van der Waals surface area (Å²) in [4.78, 5) is 0. The maximum Gasteiger partial charge on any atom is 0.184 e. The Hall–Kier alpha value is -1.73. The fourth-order valence-corrected chi connectivity index (χ4v) is 1.66. The molecule has 0 bridgehead atoms. The molecular formula is C14H20N2O2. The van der Waals surface area contributed by atoms with Gasteiger partial charge < -0.3 is 15.2 Å². The van der Waals surface area contributed by atoms with E-state index in [1.807, 2.05) is 32.0 Å². The third kappa shape index (κ3) is 3.94. The monoisotopic (exact) mass is 248 g/mol. The van der Waals surface area contributed by atoms with E-state index in [0.717, 1.165) is 12.0 Å². The average molecular weight is 248 g/mol. The molecule has 0 aliphatic heterocycles. The van der Waals surface area contributed by atoms with Crippen molar-refractivity contribution in [2.45, 2.75) is 38.8 Å². The highest BCUT2D eigenvalue weighted by atomic mass is 16.5. The zero-order valence-electron chi connectivity index (χ0n) is 11.1. The number of ether oxygens (including phenoxy) is 2. The van der Waals surface area contributed by atoms with Crippen LogP contribution in [0.1, 0.15) is 25.8 Å². The Kier molecular flexibility index (Phi) is 5.47. The van der Waals surface area contributed by atoms with Crippen LogP contribution in [0.4, 0.5) is 0 Å². The second-order valence-electron chi connectivity index (χ2n) is 4.31. The van der Waals surface area contributed by atoms with Gasteiger partial charge >= 0.3 is 0 Å².